The summed E-state index contributed by atoms with van der Waals surface area (Å²) in [5.41, 5.74) is 2.20. The van der Waals surface area contributed by atoms with E-state index < -0.39 is 0 Å². The summed E-state index contributed by atoms with van der Waals surface area (Å²) >= 11 is 1.69. The van der Waals surface area contributed by atoms with Crippen molar-refractivity contribution in [2.24, 2.45) is 10.9 Å². The Morgan fingerprint density at radius 2 is 2.28 bits per heavy atom. The molecule has 0 saturated heterocycles. The molecule has 0 radical (unpaired) electrons. The van der Waals surface area contributed by atoms with Gasteiger partial charge in [-0.3, -0.25) is 4.98 Å². The third-order valence-electron chi connectivity index (χ3n) is 2.79. The van der Waals surface area contributed by atoms with Crippen molar-refractivity contribution in [2.75, 3.05) is 0 Å². The summed E-state index contributed by atoms with van der Waals surface area (Å²) in [4.78, 5) is 9.81. The highest BCUT2D eigenvalue weighted by Gasteiger charge is 2.02. The van der Waals surface area contributed by atoms with Gasteiger partial charge in [0.1, 0.15) is 0 Å². The minimum Gasteiger partial charge on any atom is -0.321 e. The number of thiazole rings is 1. The SMILES string of the molecule is Cc1csc(=Nc2cccnc2)n1CCC(C)C. The van der Waals surface area contributed by atoms with Gasteiger partial charge in [-0.05, 0) is 31.4 Å². The number of pyridine rings is 1. The Bertz CT molecular complexity index is 552. The second-order valence-corrected chi connectivity index (χ2v) is 5.65. The minimum absolute atomic E-state index is 0.711. The van der Waals surface area contributed by atoms with Crippen LogP contribution in [0, 0.1) is 12.8 Å². The molecule has 0 amide bonds. The fourth-order valence-corrected chi connectivity index (χ4v) is 2.62. The van der Waals surface area contributed by atoms with E-state index in [2.05, 4.69) is 40.7 Å². The van der Waals surface area contributed by atoms with Gasteiger partial charge < -0.3 is 4.57 Å². The average Bonchev–Trinajstić information content (AvgIpc) is 2.69. The van der Waals surface area contributed by atoms with Crippen molar-refractivity contribution >= 4 is 17.0 Å². The van der Waals surface area contributed by atoms with Crippen LogP contribution >= 0.6 is 11.3 Å². The lowest BCUT2D eigenvalue weighted by Crippen LogP contribution is -2.17. The number of nitrogens with zero attached hydrogens (tertiary/aromatic N) is 3. The van der Waals surface area contributed by atoms with Crippen LogP contribution in [-0.4, -0.2) is 9.55 Å². The van der Waals surface area contributed by atoms with Gasteiger partial charge in [-0.25, -0.2) is 4.99 Å². The summed E-state index contributed by atoms with van der Waals surface area (Å²) in [6, 6.07) is 3.90. The summed E-state index contributed by atoms with van der Waals surface area (Å²) in [6.45, 7) is 7.67. The zero-order valence-corrected chi connectivity index (χ0v) is 11.9. The van der Waals surface area contributed by atoms with Gasteiger partial charge >= 0.3 is 0 Å². The zero-order chi connectivity index (χ0) is 13.0. The van der Waals surface area contributed by atoms with Gasteiger partial charge in [0.05, 0.1) is 11.9 Å². The predicted molar refractivity (Wildman–Crippen MR) is 76.0 cm³/mol. The molecule has 2 aromatic rings. The van der Waals surface area contributed by atoms with Crippen LogP contribution < -0.4 is 4.80 Å². The molecule has 96 valence electrons. The van der Waals surface area contributed by atoms with Crippen LogP contribution in [0.4, 0.5) is 5.69 Å². The van der Waals surface area contributed by atoms with Crippen molar-refractivity contribution in [3.63, 3.8) is 0 Å². The van der Waals surface area contributed by atoms with Gasteiger partial charge in [-0.1, -0.05) is 13.8 Å². The van der Waals surface area contributed by atoms with Crippen LogP contribution in [0.1, 0.15) is 26.0 Å². The zero-order valence-electron chi connectivity index (χ0n) is 11.1. The minimum atomic E-state index is 0.711. The van der Waals surface area contributed by atoms with Crippen molar-refractivity contribution in [1.82, 2.24) is 9.55 Å². The Balaban J connectivity index is 2.31. The normalized spacial score (nSPS) is 12.3. The number of hydrogen-bond donors (Lipinski definition) is 0. The molecule has 0 aliphatic heterocycles. The van der Waals surface area contributed by atoms with Gasteiger partial charge in [-0.2, -0.15) is 0 Å². The van der Waals surface area contributed by atoms with Crippen molar-refractivity contribution in [3.8, 4) is 0 Å². The molecular weight excluding hydrogens is 242 g/mol. The van der Waals surface area contributed by atoms with Crippen molar-refractivity contribution in [2.45, 2.75) is 33.7 Å². The molecule has 4 heteroatoms. The first-order valence-corrected chi connectivity index (χ1v) is 7.14. The molecule has 0 bridgehead atoms. The van der Waals surface area contributed by atoms with Crippen LogP contribution in [0.25, 0.3) is 0 Å². The molecule has 0 aliphatic carbocycles. The quantitative estimate of drug-likeness (QED) is 0.828. The van der Waals surface area contributed by atoms with Crippen LogP contribution in [0.5, 0.6) is 0 Å². The number of aromatic nitrogens is 2. The van der Waals surface area contributed by atoms with E-state index in [4.69, 9.17) is 0 Å². The maximum Gasteiger partial charge on any atom is 0.190 e. The van der Waals surface area contributed by atoms with E-state index in [-0.39, 0.29) is 0 Å². The molecule has 0 unspecified atom stereocenters. The molecular formula is C14H19N3S. The first-order chi connectivity index (χ1) is 8.66. The Morgan fingerprint density at radius 3 is 2.94 bits per heavy atom. The summed E-state index contributed by atoms with van der Waals surface area (Å²) in [5.74, 6) is 0.711. The standard InChI is InChI=1S/C14H19N3S/c1-11(2)6-8-17-12(3)10-18-14(17)16-13-5-4-7-15-9-13/h4-5,7,9-11H,6,8H2,1-3H3. The third kappa shape index (κ3) is 3.29. The predicted octanol–water partition coefficient (Wildman–Crippen LogP) is 3.53. The molecule has 0 aromatic carbocycles. The van der Waals surface area contributed by atoms with E-state index in [0.717, 1.165) is 17.0 Å². The lowest BCUT2D eigenvalue weighted by atomic mass is 10.1. The first-order valence-electron chi connectivity index (χ1n) is 6.26. The van der Waals surface area contributed by atoms with Crippen molar-refractivity contribution in [3.05, 3.63) is 40.4 Å². The highest BCUT2D eigenvalue weighted by atomic mass is 32.1. The molecule has 0 fully saturated rings. The first kappa shape index (κ1) is 13.0. The van der Waals surface area contributed by atoms with E-state index in [9.17, 15) is 0 Å². The van der Waals surface area contributed by atoms with Gasteiger partial charge in [0.2, 0.25) is 0 Å². The highest BCUT2D eigenvalue weighted by Crippen LogP contribution is 2.10. The van der Waals surface area contributed by atoms with E-state index in [1.54, 1.807) is 23.7 Å². The van der Waals surface area contributed by atoms with Crippen molar-refractivity contribution in [1.29, 1.82) is 0 Å². The lowest BCUT2D eigenvalue weighted by Gasteiger charge is -2.08. The van der Waals surface area contributed by atoms with Gasteiger partial charge in [0.15, 0.2) is 4.80 Å². The van der Waals surface area contributed by atoms with E-state index in [1.165, 1.54) is 12.1 Å². The summed E-state index contributed by atoms with van der Waals surface area (Å²) in [5, 5.41) is 2.16. The monoisotopic (exact) mass is 261 g/mol. The van der Waals surface area contributed by atoms with Crippen LogP contribution in [0.3, 0.4) is 0 Å². The highest BCUT2D eigenvalue weighted by molar-refractivity contribution is 7.07. The number of aryl methyl sites for hydroxylation is 1. The summed E-state index contributed by atoms with van der Waals surface area (Å²) < 4.78 is 2.29. The second-order valence-electron chi connectivity index (χ2n) is 4.82. The molecule has 0 N–H and O–H groups in total. The Labute approximate surface area is 112 Å². The van der Waals surface area contributed by atoms with Crippen LogP contribution in [0.2, 0.25) is 0 Å². The molecule has 18 heavy (non-hydrogen) atoms. The van der Waals surface area contributed by atoms with Crippen LogP contribution in [0.15, 0.2) is 34.9 Å². The fourth-order valence-electron chi connectivity index (χ4n) is 1.69. The summed E-state index contributed by atoms with van der Waals surface area (Å²) in [6.07, 6.45) is 4.74. The van der Waals surface area contributed by atoms with Crippen molar-refractivity contribution < 1.29 is 0 Å². The molecule has 0 spiro atoms. The molecule has 0 atom stereocenters. The van der Waals surface area contributed by atoms with Gasteiger partial charge in [-0.15, -0.1) is 11.3 Å². The molecule has 2 aromatic heterocycles. The Morgan fingerprint density at radius 1 is 1.44 bits per heavy atom. The summed E-state index contributed by atoms with van der Waals surface area (Å²) in [7, 11) is 0. The number of hydrogen-bond acceptors (Lipinski definition) is 3. The lowest BCUT2D eigenvalue weighted by molar-refractivity contribution is 0.505. The molecule has 2 heterocycles. The average molecular weight is 261 g/mol. The van der Waals surface area contributed by atoms with Gasteiger partial charge in [0.25, 0.3) is 0 Å². The fraction of sp³-hybridized carbons (Fsp3) is 0.429. The molecule has 0 saturated carbocycles. The second kappa shape index (κ2) is 5.96. The smallest absolute Gasteiger partial charge is 0.190 e. The molecule has 0 aliphatic rings. The van der Waals surface area contributed by atoms with Gasteiger partial charge in [0, 0.05) is 23.8 Å². The maximum atomic E-state index is 4.66. The maximum absolute atomic E-state index is 4.66. The topological polar surface area (TPSA) is 30.2 Å². The third-order valence-corrected chi connectivity index (χ3v) is 3.77. The Hall–Kier alpha value is -1.42. The molecule has 2 rings (SSSR count). The van der Waals surface area contributed by atoms with E-state index in [1.807, 2.05) is 12.1 Å². The Kier molecular flexibility index (Phi) is 4.31. The van der Waals surface area contributed by atoms with E-state index in [0.29, 0.717) is 5.92 Å². The van der Waals surface area contributed by atoms with Crippen LogP contribution in [-0.2, 0) is 6.54 Å². The number of rotatable bonds is 4. The largest absolute Gasteiger partial charge is 0.321 e. The molecule has 3 nitrogen and oxygen atoms in total. The van der Waals surface area contributed by atoms with E-state index >= 15 is 0 Å².